The van der Waals surface area contributed by atoms with Gasteiger partial charge in [-0.1, -0.05) is 32.0 Å². The third-order valence-corrected chi connectivity index (χ3v) is 4.94. The van der Waals surface area contributed by atoms with Crippen LogP contribution in [-0.4, -0.2) is 59.9 Å². The average molecular weight is 372 g/mol. The molecule has 1 atom stereocenters. The number of carbonyl (C=O) groups is 1. The topological polar surface area (TPSA) is 87.3 Å². The van der Waals surface area contributed by atoms with E-state index in [1.54, 1.807) is 12.1 Å². The molecule has 2 aromatic rings. The molecule has 0 aliphatic carbocycles. The van der Waals surface area contributed by atoms with Gasteiger partial charge in [-0.05, 0) is 18.4 Å². The van der Waals surface area contributed by atoms with Gasteiger partial charge in [-0.25, -0.2) is 5.10 Å². The van der Waals surface area contributed by atoms with Crippen molar-refractivity contribution in [3.63, 3.8) is 0 Å². The van der Waals surface area contributed by atoms with Gasteiger partial charge >= 0.3 is 0 Å². The Morgan fingerprint density at radius 1 is 1.26 bits per heavy atom. The second-order valence-electron chi connectivity index (χ2n) is 7.46. The summed E-state index contributed by atoms with van der Waals surface area (Å²) in [5.41, 5.74) is 0.355. The van der Waals surface area contributed by atoms with Crippen molar-refractivity contribution in [3.05, 3.63) is 40.3 Å². The molecule has 7 heteroatoms. The van der Waals surface area contributed by atoms with E-state index in [0.29, 0.717) is 29.6 Å². The maximum Gasteiger partial charge on any atom is 0.272 e. The van der Waals surface area contributed by atoms with Crippen LogP contribution in [0.25, 0.3) is 10.8 Å². The molecular formula is C20H28N4O3. The zero-order chi connectivity index (χ0) is 19.2. The van der Waals surface area contributed by atoms with Crippen molar-refractivity contribution in [2.45, 2.75) is 32.7 Å². The first kappa shape index (κ1) is 19.5. The Hall–Kier alpha value is -2.25. The van der Waals surface area contributed by atoms with Gasteiger partial charge in [0.1, 0.15) is 0 Å². The van der Waals surface area contributed by atoms with Gasteiger partial charge in [0.05, 0.1) is 30.7 Å². The average Bonchev–Trinajstić information content (AvgIpc) is 2.68. The van der Waals surface area contributed by atoms with Crippen LogP contribution in [0.3, 0.4) is 0 Å². The first-order valence-electron chi connectivity index (χ1n) is 9.59. The first-order chi connectivity index (χ1) is 13.0. The van der Waals surface area contributed by atoms with E-state index < -0.39 is 0 Å². The van der Waals surface area contributed by atoms with Crippen molar-refractivity contribution in [1.82, 2.24) is 20.4 Å². The van der Waals surface area contributed by atoms with Crippen LogP contribution >= 0.6 is 0 Å². The lowest BCUT2D eigenvalue weighted by Crippen LogP contribution is -2.49. The summed E-state index contributed by atoms with van der Waals surface area (Å²) < 4.78 is 5.44. The number of H-pyrrole nitrogens is 1. The number of benzene rings is 1. The number of amides is 1. The van der Waals surface area contributed by atoms with Crippen molar-refractivity contribution in [1.29, 1.82) is 0 Å². The van der Waals surface area contributed by atoms with E-state index in [-0.39, 0.29) is 17.9 Å². The van der Waals surface area contributed by atoms with E-state index in [1.807, 2.05) is 12.1 Å². The number of nitrogens with one attached hydrogen (secondary N) is 2. The molecule has 0 spiro atoms. The summed E-state index contributed by atoms with van der Waals surface area (Å²) in [6.07, 6.45) is 1.18. The van der Waals surface area contributed by atoms with Crippen molar-refractivity contribution < 1.29 is 9.53 Å². The number of morpholine rings is 1. The maximum absolute atomic E-state index is 12.5. The third-order valence-electron chi connectivity index (χ3n) is 4.94. The zero-order valence-corrected chi connectivity index (χ0v) is 16.0. The fourth-order valence-electron chi connectivity index (χ4n) is 3.60. The Bertz CT molecular complexity index is 827. The molecule has 1 amide bonds. The Balaban J connectivity index is 1.64. The molecule has 1 saturated heterocycles. The van der Waals surface area contributed by atoms with Gasteiger partial charge < -0.3 is 10.1 Å². The van der Waals surface area contributed by atoms with E-state index in [2.05, 4.69) is 34.3 Å². The monoisotopic (exact) mass is 372 g/mol. The molecule has 146 valence electrons. The highest BCUT2D eigenvalue weighted by Crippen LogP contribution is 2.14. The largest absolute Gasteiger partial charge is 0.379 e. The summed E-state index contributed by atoms with van der Waals surface area (Å²) in [5.74, 6) is 0.473. The second-order valence-corrected chi connectivity index (χ2v) is 7.46. The highest BCUT2D eigenvalue weighted by atomic mass is 16.5. The van der Waals surface area contributed by atoms with Crippen molar-refractivity contribution in [3.8, 4) is 0 Å². The van der Waals surface area contributed by atoms with Gasteiger partial charge in [0.15, 0.2) is 0 Å². The molecule has 1 aliphatic heterocycles. The SMILES string of the molecule is CC(C)C[C@@H](CNC(=O)Cc1n[nH]c(=O)c2ccccc12)N1CCOCC1. The van der Waals surface area contributed by atoms with Gasteiger partial charge in [0.25, 0.3) is 5.56 Å². The summed E-state index contributed by atoms with van der Waals surface area (Å²) in [6, 6.07) is 7.53. The van der Waals surface area contributed by atoms with Gasteiger partial charge in [-0.2, -0.15) is 5.10 Å². The molecule has 1 aliphatic rings. The predicted octanol–water partition coefficient (Wildman–Crippen LogP) is 1.33. The lowest BCUT2D eigenvalue weighted by Gasteiger charge is -2.35. The summed E-state index contributed by atoms with van der Waals surface area (Å²) in [4.78, 5) is 26.8. The summed E-state index contributed by atoms with van der Waals surface area (Å²) >= 11 is 0. The van der Waals surface area contributed by atoms with E-state index >= 15 is 0 Å². The molecule has 7 nitrogen and oxygen atoms in total. The minimum Gasteiger partial charge on any atom is -0.379 e. The maximum atomic E-state index is 12.5. The smallest absolute Gasteiger partial charge is 0.272 e. The van der Waals surface area contributed by atoms with E-state index in [0.717, 1.165) is 38.1 Å². The van der Waals surface area contributed by atoms with Crippen molar-refractivity contribution in [2.75, 3.05) is 32.8 Å². The number of hydrogen-bond acceptors (Lipinski definition) is 5. The number of carbonyl (C=O) groups excluding carboxylic acids is 1. The summed E-state index contributed by atoms with van der Waals surface area (Å²) in [5, 5.41) is 10.9. The van der Waals surface area contributed by atoms with Gasteiger partial charge in [-0.3, -0.25) is 14.5 Å². The lowest BCUT2D eigenvalue weighted by molar-refractivity contribution is -0.120. The first-order valence-corrected chi connectivity index (χ1v) is 9.59. The van der Waals surface area contributed by atoms with E-state index in [4.69, 9.17) is 4.74 Å². The van der Waals surface area contributed by atoms with Crippen LogP contribution in [0.1, 0.15) is 26.0 Å². The molecule has 3 rings (SSSR count). The molecule has 2 N–H and O–H groups in total. The molecule has 0 radical (unpaired) electrons. The highest BCUT2D eigenvalue weighted by Gasteiger charge is 2.22. The second kappa shape index (κ2) is 9.10. The van der Waals surface area contributed by atoms with Crippen LogP contribution in [0, 0.1) is 5.92 Å². The van der Waals surface area contributed by atoms with Crippen LogP contribution in [-0.2, 0) is 16.0 Å². The third kappa shape index (κ3) is 5.14. The van der Waals surface area contributed by atoms with Gasteiger partial charge in [0, 0.05) is 31.1 Å². The molecule has 0 unspecified atom stereocenters. The molecule has 2 heterocycles. The number of nitrogens with zero attached hydrogens (tertiary/aromatic N) is 2. The van der Waals surface area contributed by atoms with Crippen LogP contribution < -0.4 is 10.9 Å². The standard InChI is InChI=1S/C20H28N4O3/c1-14(2)11-15(24-7-9-27-10-8-24)13-21-19(25)12-18-16-5-3-4-6-17(16)20(26)23-22-18/h3-6,14-15H,7-13H2,1-2H3,(H,21,25)(H,23,26)/t15-/m0/s1. The number of ether oxygens (including phenoxy) is 1. The number of fused-ring (bicyclic) bond motifs is 1. The van der Waals surface area contributed by atoms with Crippen molar-refractivity contribution >= 4 is 16.7 Å². The fourth-order valence-corrected chi connectivity index (χ4v) is 3.60. The highest BCUT2D eigenvalue weighted by molar-refractivity contribution is 5.88. The fraction of sp³-hybridized carbons (Fsp3) is 0.550. The molecule has 27 heavy (non-hydrogen) atoms. The predicted molar refractivity (Wildman–Crippen MR) is 105 cm³/mol. The van der Waals surface area contributed by atoms with Crippen LogP contribution in [0.4, 0.5) is 0 Å². The number of aromatic nitrogens is 2. The van der Waals surface area contributed by atoms with Gasteiger partial charge in [-0.15, -0.1) is 0 Å². The number of hydrogen-bond donors (Lipinski definition) is 2. The Kier molecular flexibility index (Phi) is 6.58. The van der Waals surface area contributed by atoms with Gasteiger partial charge in [0.2, 0.25) is 5.91 Å². The van der Waals surface area contributed by atoms with Crippen LogP contribution in [0.2, 0.25) is 0 Å². The van der Waals surface area contributed by atoms with Crippen LogP contribution in [0.5, 0.6) is 0 Å². The number of aromatic amines is 1. The molecule has 1 aromatic carbocycles. The van der Waals surface area contributed by atoms with E-state index in [1.165, 1.54) is 0 Å². The summed E-state index contributed by atoms with van der Waals surface area (Å²) in [7, 11) is 0. The molecule has 0 bridgehead atoms. The summed E-state index contributed by atoms with van der Waals surface area (Å²) in [6.45, 7) is 8.31. The lowest BCUT2D eigenvalue weighted by atomic mass is 10.0. The zero-order valence-electron chi connectivity index (χ0n) is 16.0. The van der Waals surface area contributed by atoms with Crippen LogP contribution in [0.15, 0.2) is 29.1 Å². The minimum absolute atomic E-state index is 0.0817. The van der Waals surface area contributed by atoms with E-state index in [9.17, 15) is 9.59 Å². The Morgan fingerprint density at radius 2 is 1.96 bits per heavy atom. The minimum atomic E-state index is -0.237. The van der Waals surface area contributed by atoms with Crippen molar-refractivity contribution in [2.24, 2.45) is 5.92 Å². The molecule has 1 fully saturated rings. The quantitative estimate of drug-likeness (QED) is 0.766. The Morgan fingerprint density at radius 3 is 2.67 bits per heavy atom. The molecule has 1 aromatic heterocycles. The Labute approximate surface area is 159 Å². The number of rotatable bonds is 7. The normalized spacial score (nSPS) is 16.6. The molecular weight excluding hydrogens is 344 g/mol. The molecule has 0 saturated carbocycles.